The van der Waals surface area contributed by atoms with Gasteiger partial charge in [0.05, 0.1) is 0 Å². The lowest BCUT2D eigenvalue weighted by Crippen LogP contribution is -2.21. The number of rotatable bonds is 0. The molecule has 21 heavy (non-hydrogen) atoms. The monoisotopic (exact) mass is 282 g/mol. The maximum absolute atomic E-state index is 13.6. The highest BCUT2D eigenvalue weighted by Gasteiger charge is 2.32. The van der Waals surface area contributed by atoms with Gasteiger partial charge >= 0.3 is 0 Å². The number of benzene rings is 2. The fourth-order valence-corrected chi connectivity index (χ4v) is 3.67. The third-order valence-corrected chi connectivity index (χ3v) is 4.56. The van der Waals surface area contributed by atoms with Crippen molar-refractivity contribution in [3.8, 4) is 0 Å². The van der Waals surface area contributed by atoms with Crippen LogP contribution in [0.3, 0.4) is 0 Å². The summed E-state index contributed by atoms with van der Waals surface area (Å²) in [6, 6.07) is 12.1. The van der Waals surface area contributed by atoms with Gasteiger partial charge in [0.25, 0.3) is 0 Å². The molecule has 0 spiro atoms. The van der Waals surface area contributed by atoms with Crippen LogP contribution in [-0.4, -0.2) is 0 Å². The Bertz CT molecular complexity index is 623. The fourth-order valence-electron chi connectivity index (χ4n) is 3.67. The minimum atomic E-state index is -0.122. The maximum atomic E-state index is 13.6. The summed E-state index contributed by atoms with van der Waals surface area (Å²) in [6.07, 6.45) is 1.93. The molecule has 0 saturated carbocycles. The van der Waals surface area contributed by atoms with E-state index in [1.807, 2.05) is 6.07 Å². The van der Waals surface area contributed by atoms with Crippen molar-refractivity contribution in [1.82, 2.24) is 0 Å². The molecule has 0 saturated heterocycles. The average molecular weight is 282 g/mol. The van der Waals surface area contributed by atoms with Crippen LogP contribution in [0.4, 0.5) is 4.39 Å². The normalized spacial score (nSPS) is 17.9. The molecule has 0 N–H and O–H groups in total. The zero-order valence-corrected chi connectivity index (χ0v) is 13.3. The van der Waals surface area contributed by atoms with Gasteiger partial charge in [0.15, 0.2) is 0 Å². The Kier molecular flexibility index (Phi) is 3.39. The summed E-state index contributed by atoms with van der Waals surface area (Å²) in [6.45, 7) is 8.98. The van der Waals surface area contributed by atoms with E-state index >= 15 is 0 Å². The molecule has 1 atom stereocenters. The quantitative estimate of drug-likeness (QED) is 0.606. The van der Waals surface area contributed by atoms with E-state index in [9.17, 15) is 4.39 Å². The molecule has 2 aromatic carbocycles. The molecule has 0 nitrogen and oxygen atoms in total. The molecular weight excluding hydrogens is 259 g/mol. The second kappa shape index (κ2) is 4.98. The number of hydrogen-bond donors (Lipinski definition) is 0. The van der Waals surface area contributed by atoms with Gasteiger partial charge in [-0.05, 0) is 59.6 Å². The highest BCUT2D eigenvalue weighted by molar-refractivity contribution is 5.47. The lowest BCUT2D eigenvalue weighted by Gasteiger charge is -2.33. The van der Waals surface area contributed by atoms with E-state index in [1.165, 1.54) is 27.8 Å². The largest absolute Gasteiger partial charge is 0.207 e. The predicted molar refractivity (Wildman–Crippen MR) is 86.3 cm³/mol. The molecule has 1 aliphatic rings. The van der Waals surface area contributed by atoms with Crippen LogP contribution in [0.15, 0.2) is 36.4 Å². The van der Waals surface area contributed by atoms with Gasteiger partial charge < -0.3 is 0 Å². The molecule has 1 unspecified atom stereocenters. The third kappa shape index (κ3) is 2.62. The molecular formula is C20H23F. The molecule has 1 heteroatoms. The van der Waals surface area contributed by atoms with Crippen LogP contribution in [0.25, 0.3) is 0 Å². The Hall–Kier alpha value is -1.63. The van der Waals surface area contributed by atoms with Gasteiger partial charge in [-0.2, -0.15) is 0 Å². The topological polar surface area (TPSA) is 0 Å². The van der Waals surface area contributed by atoms with Gasteiger partial charge in [-0.15, -0.1) is 0 Å². The smallest absolute Gasteiger partial charge is 0.123 e. The van der Waals surface area contributed by atoms with E-state index in [4.69, 9.17) is 0 Å². The van der Waals surface area contributed by atoms with E-state index in [0.717, 1.165) is 12.8 Å². The van der Waals surface area contributed by atoms with Gasteiger partial charge in [0.1, 0.15) is 5.82 Å². The predicted octanol–water partition coefficient (Wildman–Crippen LogP) is 5.41. The van der Waals surface area contributed by atoms with Crippen LogP contribution < -0.4 is 0 Å². The number of fused-ring (bicyclic) bond motifs is 2. The van der Waals surface area contributed by atoms with Crippen molar-refractivity contribution < 1.29 is 4.39 Å². The van der Waals surface area contributed by atoms with Gasteiger partial charge in [-0.1, -0.05) is 50.6 Å². The molecule has 1 aliphatic carbocycles. The second-order valence-electron chi connectivity index (χ2n) is 7.34. The molecule has 0 heterocycles. The van der Waals surface area contributed by atoms with Crippen LogP contribution in [0.1, 0.15) is 54.5 Å². The number of hydrogen-bond acceptors (Lipinski definition) is 0. The van der Waals surface area contributed by atoms with Crippen molar-refractivity contribution in [3.63, 3.8) is 0 Å². The Labute approximate surface area is 127 Å². The summed E-state index contributed by atoms with van der Waals surface area (Å²) >= 11 is 0. The van der Waals surface area contributed by atoms with E-state index < -0.39 is 0 Å². The highest BCUT2D eigenvalue weighted by Crippen LogP contribution is 2.45. The first-order valence-electron chi connectivity index (χ1n) is 7.74. The summed E-state index contributed by atoms with van der Waals surface area (Å²) in [5.74, 6) is 0.203. The lowest BCUT2D eigenvalue weighted by atomic mass is 9.71. The molecule has 0 radical (unpaired) electrons. The minimum absolute atomic E-state index is 0.112. The van der Waals surface area contributed by atoms with E-state index in [1.54, 1.807) is 12.1 Å². The van der Waals surface area contributed by atoms with Gasteiger partial charge in [0.2, 0.25) is 0 Å². The van der Waals surface area contributed by atoms with E-state index in [0.29, 0.717) is 5.92 Å². The minimum Gasteiger partial charge on any atom is -0.207 e. The molecule has 0 aromatic heterocycles. The van der Waals surface area contributed by atoms with Crippen LogP contribution in [-0.2, 0) is 12.8 Å². The highest BCUT2D eigenvalue weighted by atomic mass is 19.1. The third-order valence-electron chi connectivity index (χ3n) is 4.56. The van der Waals surface area contributed by atoms with Crippen molar-refractivity contribution in [2.45, 2.75) is 46.5 Å². The molecule has 3 rings (SSSR count). The van der Waals surface area contributed by atoms with Gasteiger partial charge in [0, 0.05) is 5.92 Å². The van der Waals surface area contributed by atoms with Crippen molar-refractivity contribution >= 4 is 0 Å². The van der Waals surface area contributed by atoms with Crippen molar-refractivity contribution in [2.75, 3.05) is 0 Å². The molecule has 0 aliphatic heterocycles. The average Bonchev–Trinajstić information content (AvgIpc) is 2.54. The molecule has 0 amide bonds. The number of aryl methyl sites for hydroxylation is 3. The maximum Gasteiger partial charge on any atom is 0.123 e. The standard InChI is InChI=1S/C20H23F/c1-13-5-9-17-14(11-13)6-7-15-12-16(21)8-10-18(15)19(17)20(2,3)4/h5,8-12,19H,6-7H2,1-4H3. The second-order valence-corrected chi connectivity index (χ2v) is 7.34. The zero-order chi connectivity index (χ0) is 15.2. The number of halogens is 1. The van der Waals surface area contributed by atoms with E-state index in [2.05, 4.69) is 45.9 Å². The van der Waals surface area contributed by atoms with E-state index in [-0.39, 0.29) is 11.2 Å². The Morgan fingerprint density at radius 1 is 0.905 bits per heavy atom. The van der Waals surface area contributed by atoms with Gasteiger partial charge in [-0.3, -0.25) is 0 Å². The SMILES string of the molecule is Cc1ccc2c(c1)CCc1cc(F)ccc1C2C(C)(C)C. The summed E-state index contributed by atoms with van der Waals surface area (Å²) < 4.78 is 13.6. The summed E-state index contributed by atoms with van der Waals surface area (Å²) in [4.78, 5) is 0. The molecule has 2 aromatic rings. The fraction of sp³-hybridized carbons (Fsp3) is 0.400. The molecule has 110 valence electrons. The van der Waals surface area contributed by atoms with Crippen LogP contribution in [0.5, 0.6) is 0 Å². The Morgan fingerprint density at radius 3 is 2.10 bits per heavy atom. The summed E-state index contributed by atoms with van der Waals surface area (Å²) in [5, 5.41) is 0. The first-order valence-corrected chi connectivity index (χ1v) is 7.74. The Balaban J connectivity index is 2.25. The van der Waals surface area contributed by atoms with Crippen LogP contribution >= 0.6 is 0 Å². The Morgan fingerprint density at radius 2 is 1.48 bits per heavy atom. The molecule has 0 fully saturated rings. The van der Waals surface area contributed by atoms with Crippen LogP contribution in [0.2, 0.25) is 0 Å². The van der Waals surface area contributed by atoms with Crippen molar-refractivity contribution in [3.05, 3.63) is 70.0 Å². The van der Waals surface area contributed by atoms with Crippen molar-refractivity contribution in [2.24, 2.45) is 5.41 Å². The molecule has 0 bridgehead atoms. The van der Waals surface area contributed by atoms with Gasteiger partial charge in [-0.25, -0.2) is 4.39 Å². The first-order chi connectivity index (χ1) is 9.86. The summed E-state index contributed by atoms with van der Waals surface area (Å²) in [5.41, 5.74) is 6.72. The first kappa shape index (κ1) is 14.3. The lowest BCUT2D eigenvalue weighted by molar-refractivity contribution is 0.357. The summed E-state index contributed by atoms with van der Waals surface area (Å²) in [7, 11) is 0. The van der Waals surface area contributed by atoms with Crippen molar-refractivity contribution in [1.29, 1.82) is 0 Å². The van der Waals surface area contributed by atoms with Crippen LogP contribution in [0, 0.1) is 18.2 Å². The zero-order valence-electron chi connectivity index (χ0n) is 13.3.